The third kappa shape index (κ3) is 3.16. The summed E-state index contributed by atoms with van der Waals surface area (Å²) in [6.45, 7) is 1.59. The van der Waals surface area contributed by atoms with Crippen LogP contribution < -0.4 is 0 Å². The molecule has 4 nitrogen and oxygen atoms in total. The number of rotatable bonds is 3. The van der Waals surface area contributed by atoms with Crippen molar-refractivity contribution < 1.29 is 8.42 Å². The first-order valence-corrected chi connectivity index (χ1v) is 9.00. The summed E-state index contributed by atoms with van der Waals surface area (Å²) in [6.07, 6.45) is 1.18. The van der Waals surface area contributed by atoms with Gasteiger partial charge < -0.3 is 4.98 Å². The van der Waals surface area contributed by atoms with Crippen LogP contribution in [0, 0.1) is 4.64 Å². The Labute approximate surface area is 131 Å². The van der Waals surface area contributed by atoms with Crippen molar-refractivity contribution in [1.29, 1.82) is 0 Å². The number of H-pyrrole nitrogens is 1. The van der Waals surface area contributed by atoms with Crippen LogP contribution in [0.5, 0.6) is 0 Å². The fourth-order valence-electron chi connectivity index (χ4n) is 1.68. The third-order valence-corrected chi connectivity index (χ3v) is 5.81. The Morgan fingerprint density at radius 1 is 1.30 bits per heavy atom. The van der Waals surface area contributed by atoms with Crippen molar-refractivity contribution in [1.82, 2.24) is 9.97 Å². The highest BCUT2D eigenvalue weighted by atomic mass is 79.9. The van der Waals surface area contributed by atoms with Crippen molar-refractivity contribution in [2.24, 2.45) is 0 Å². The van der Waals surface area contributed by atoms with Crippen molar-refractivity contribution in [2.75, 3.05) is 6.26 Å². The minimum absolute atomic E-state index is 0.341. The number of nitrogens with zero attached hydrogens (tertiary/aromatic N) is 1. The quantitative estimate of drug-likeness (QED) is 0.834. The van der Waals surface area contributed by atoms with Gasteiger partial charge in [-0.3, -0.25) is 0 Å². The fraction of sp³-hybridized carbons (Fsp3) is 0.231. The van der Waals surface area contributed by atoms with E-state index in [1.807, 2.05) is 30.3 Å². The van der Waals surface area contributed by atoms with E-state index in [1.54, 1.807) is 6.92 Å². The van der Waals surface area contributed by atoms with E-state index in [2.05, 4.69) is 25.9 Å². The van der Waals surface area contributed by atoms with Crippen LogP contribution in [-0.2, 0) is 9.84 Å². The van der Waals surface area contributed by atoms with E-state index < -0.39 is 15.1 Å². The highest BCUT2D eigenvalue weighted by Crippen LogP contribution is 2.29. The molecule has 0 spiro atoms. The lowest BCUT2D eigenvalue weighted by Gasteiger charge is -2.12. The van der Waals surface area contributed by atoms with Gasteiger partial charge in [0.05, 0.1) is 10.2 Å². The molecule has 0 aliphatic heterocycles. The van der Waals surface area contributed by atoms with Crippen LogP contribution in [-0.4, -0.2) is 24.6 Å². The van der Waals surface area contributed by atoms with Crippen molar-refractivity contribution in [3.8, 4) is 11.3 Å². The fourth-order valence-corrected chi connectivity index (χ4v) is 2.81. The van der Waals surface area contributed by atoms with Crippen LogP contribution in [0.2, 0.25) is 0 Å². The number of nitrogens with one attached hydrogen (secondary N) is 1. The third-order valence-electron chi connectivity index (χ3n) is 2.97. The summed E-state index contributed by atoms with van der Waals surface area (Å²) in [4.78, 5) is 7.23. The van der Waals surface area contributed by atoms with Gasteiger partial charge in [-0.25, -0.2) is 13.4 Å². The monoisotopic (exact) mass is 372 g/mol. The van der Waals surface area contributed by atoms with Crippen molar-refractivity contribution in [3.05, 3.63) is 45.3 Å². The van der Waals surface area contributed by atoms with E-state index in [1.165, 1.54) is 6.26 Å². The molecular formula is C13H13BrN2O2S2. The molecule has 1 heterocycles. The van der Waals surface area contributed by atoms with Gasteiger partial charge in [-0.05, 0) is 28.4 Å². The van der Waals surface area contributed by atoms with Gasteiger partial charge >= 0.3 is 0 Å². The van der Waals surface area contributed by atoms with Gasteiger partial charge in [-0.2, -0.15) is 0 Å². The largest absolute Gasteiger partial charge is 0.341 e. The average molecular weight is 373 g/mol. The van der Waals surface area contributed by atoms with Crippen LogP contribution >= 0.6 is 28.1 Å². The molecule has 0 bridgehead atoms. The summed E-state index contributed by atoms with van der Waals surface area (Å²) in [5.74, 6) is 0.347. The second-order valence-electron chi connectivity index (χ2n) is 4.45. The molecule has 0 fully saturated rings. The van der Waals surface area contributed by atoms with Crippen LogP contribution in [0.3, 0.4) is 0 Å². The number of benzene rings is 1. The summed E-state index contributed by atoms with van der Waals surface area (Å²) < 4.78 is 24.3. The maximum absolute atomic E-state index is 11.7. The molecule has 106 valence electrons. The number of hydrogen-bond acceptors (Lipinski definition) is 4. The molecule has 0 saturated carbocycles. The van der Waals surface area contributed by atoms with Gasteiger partial charge in [-0.1, -0.05) is 42.5 Å². The Hall–Kier alpha value is -1.05. The first-order valence-electron chi connectivity index (χ1n) is 5.84. The second-order valence-corrected chi connectivity index (χ2v) is 8.00. The maximum atomic E-state index is 11.7. The Balaban J connectivity index is 2.66. The first kappa shape index (κ1) is 15.3. The number of aromatic amines is 1. The highest BCUT2D eigenvalue weighted by Gasteiger charge is 2.21. The SMILES string of the molecule is CC(c1nc(=S)c(Br)c(-c2ccccc2)[nH]1)S(C)(=O)=O. The van der Waals surface area contributed by atoms with Gasteiger partial charge in [0.2, 0.25) is 0 Å². The predicted molar refractivity (Wildman–Crippen MR) is 85.8 cm³/mol. The van der Waals surface area contributed by atoms with Crippen LogP contribution in [0.4, 0.5) is 0 Å². The van der Waals surface area contributed by atoms with Gasteiger partial charge in [0.15, 0.2) is 9.84 Å². The zero-order chi connectivity index (χ0) is 14.9. The molecule has 1 unspecified atom stereocenters. The number of sulfone groups is 1. The van der Waals surface area contributed by atoms with Crippen LogP contribution in [0.25, 0.3) is 11.3 Å². The van der Waals surface area contributed by atoms with Gasteiger partial charge in [0.1, 0.15) is 15.7 Å². The molecule has 0 radical (unpaired) electrons. The summed E-state index contributed by atoms with van der Waals surface area (Å²) in [5, 5.41) is -0.736. The van der Waals surface area contributed by atoms with Crippen LogP contribution in [0.1, 0.15) is 18.0 Å². The van der Waals surface area contributed by atoms with E-state index in [4.69, 9.17) is 12.2 Å². The van der Waals surface area contributed by atoms with E-state index in [0.29, 0.717) is 14.9 Å². The summed E-state index contributed by atoms with van der Waals surface area (Å²) in [5.41, 5.74) is 1.64. The average Bonchev–Trinajstić information content (AvgIpc) is 2.41. The Morgan fingerprint density at radius 3 is 2.45 bits per heavy atom. The molecule has 20 heavy (non-hydrogen) atoms. The van der Waals surface area contributed by atoms with E-state index in [9.17, 15) is 8.42 Å². The standard InChI is InChI=1S/C13H13BrN2O2S2/c1-8(20(2,17)18)12-15-11(10(14)13(19)16-12)9-6-4-3-5-7-9/h3-8H,1-2H3,(H,15,16,19). The number of halogens is 1. The predicted octanol–water partition coefficient (Wildman–Crippen LogP) is 3.67. The minimum atomic E-state index is -3.24. The molecule has 1 N–H and O–H groups in total. The molecule has 2 aromatic rings. The maximum Gasteiger partial charge on any atom is 0.157 e. The van der Waals surface area contributed by atoms with Crippen LogP contribution in [0.15, 0.2) is 34.8 Å². The zero-order valence-electron chi connectivity index (χ0n) is 10.9. The van der Waals surface area contributed by atoms with Crippen molar-refractivity contribution in [3.63, 3.8) is 0 Å². The highest BCUT2D eigenvalue weighted by molar-refractivity contribution is 9.10. The molecule has 2 rings (SSSR count). The molecule has 1 aromatic heterocycles. The Morgan fingerprint density at radius 2 is 1.90 bits per heavy atom. The van der Waals surface area contributed by atoms with E-state index in [0.717, 1.165) is 11.3 Å². The Bertz CT molecular complexity index is 786. The molecule has 1 aromatic carbocycles. The molecule has 0 saturated heterocycles. The minimum Gasteiger partial charge on any atom is -0.341 e. The Kier molecular flexibility index (Phi) is 4.41. The topological polar surface area (TPSA) is 62.8 Å². The summed E-state index contributed by atoms with van der Waals surface area (Å²) in [6, 6.07) is 9.55. The molecular weight excluding hydrogens is 360 g/mol. The number of hydrogen-bond donors (Lipinski definition) is 1. The zero-order valence-corrected chi connectivity index (χ0v) is 14.1. The lowest BCUT2D eigenvalue weighted by Crippen LogP contribution is -2.12. The summed E-state index contributed by atoms with van der Waals surface area (Å²) in [7, 11) is -3.24. The first-order chi connectivity index (χ1) is 9.30. The molecule has 1 atom stereocenters. The number of aromatic nitrogens is 2. The smallest absolute Gasteiger partial charge is 0.157 e. The van der Waals surface area contributed by atoms with Gasteiger partial charge in [0, 0.05) is 6.26 Å². The second kappa shape index (κ2) is 5.75. The van der Waals surface area contributed by atoms with Gasteiger partial charge in [-0.15, -0.1) is 0 Å². The van der Waals surface area contributed by atoms with Crippen molar-refractivity contribution >= 4 is 38.0 Å². The normalized spacial score (nSPS) is 13.2. The van der Waals surface area contributed by atoms with Gasteiger partial charge in [0.25, 0.3) is 0 Å². The molecule has 7 heteroatoms. The van der Waals surface area contributed by atoms with E-state index >= 15 is 0 Å². The molecule has 0 aliphatic carbocycles. The molecule has 0 aliphatic rings. The molecule has 0 amide bonds. The van der Waals surface area contributed by atoms with E-state index in [-0.39, 0.29) is 0 Å². The lowest BCUT2D eigenvalue weighted by atomic mass is 10.1. The summed E-state index contributed by atoms with van der Waals surface area (Å²) >= 11 is 8.60. The van der Waals surface area contributed by atoms with Crippen molar-refractivity contribution in [2.45, 2.75) is 12.2 Å². The lowest BCUT2D eigenvalue weighted by molar-refractivity contribution is 0.589.